The van der Waals surface area contributed by atoms with Gasteiger partial charge < -0.3 is 4.18 Å². The van der Waals surface area contributed by atoms with Gasteiger partial charge in [0, 0.05) is 23.9 Å². The summed E-state index contributed by atoms with van der Waals surface area (Å²) in [6.07, 6.45) is -0.867. The summed E-state index contributed by atoms with van der Waals surface area (Å²) in [5.41, 5.74) is -5.40. The largest absolute Gasteiger partial charge is 0.534 e. The fourth-order valence-corrected chi connectivity index (χ4v) is 3.97. The zero-order valence-electron chi connectivity index (χ0n) is 15.0. The summed E-state index contributed by atoms with van der Waals surface area (Å²) in [5.74, 6) is -3.96. The molecule has 0 heterocycles. The molecule has 1 aliphatic carbocycles. The standard InChI is InChI=1S/C17H20ClF5O3S/c1-15(2,3)12-8-11(10-4-6-16(19,20)7-5-10)14(9-13(12)18)26-27(24,25)17(21,22)23/h8-10H,4-7H2,1-3H3. The van der Waals surface area contributed by atoms with E-state index in [-0.39, 0.29) is 23.4 Å². The van der Waals surface area contributed by atoms with Crippen molar-refractivity contribution in [1.29, 1.82) is 0 Å². The quantitative estimate of drug-likeness (QED) is 0.325. The van der Waals surface area contributed by atoms with Crippen molar-refractivity contribution >= 4 is 21.7 Å². The van der Waals surface area contributed by atoms with Crippen LogP contribution in [0.4, 0.5) is 22.0 Å². The Morgan fingerprint density at radius 3 is 2.07 bits per heavy atom. The molecule has 154 valence electrons. The average Bonchev–Trinajstić information content (AvgIpc) is 2.45. The molecule has 0 bridgehead atoms. The molecule has 0 spiro atoms. The first-order valence-corrected chi connectivity index (χ1v) is 10.0. The lowest BCUT2D eigenvalue weighted by atomic mass is 9.79. The second kappa shape index (κ2) is 7.06. The van der Waals surface area contributed by atoms with Gasteiger partial charge in [0.05, 0.1) is 0 Å². The van der Waals surface area contributed by atoms with Gasteiger partial charge in [0.2, 0.25) is 5.92 Å². The lowest BCUT2D eigenvalue weighted by Crippen LogP contribution is -2.29. The predicted octanol–water partition coefficient (Wildman–Crippen LogP) is 6.16. The van der Waals surface area contributed by atoms with Crippen molar-refractivity contribution < 1.29 is 34.6 Å². The summed E-state index contributed by atoms with van der Waals surface area (Å²) in [4.78, 5) is 0. The minimum absolute atomic E-state index is 0.000636. The van der Waals surface area contributed by atoms with Gasteiger partial charge in [-0.05, 0) is 41.4 Å². The van der Waals surface area contributed by atoms with Gasteiger partial charge in [-0.15, -0.1) is 0 Å². The minimum Gasteiger partial charge on any atom is -0.376 e. The monoisotopic (exact) mass is 434 g/mol. The summed E-state index contributed by atoms with van der Waals surface area (Å²) < 4.78 is 92.3. The molecule has 0 saturated heterocycles. The molecule has 2 rings (SSSR count). The second-order valence-corrected chi connectivity index (χ2v) is 9.68. The molecule has 0 aromatic heterocycles. The van der Waals surface area contributed by atoms with Gasteiger partial charge in [0.15, 0.2) is 0 Å². The first kappa shape index (κ1) is 22.2. The maximum absolute atomic E-state index is 13.5. The molecule has 3 nitrogen and oxygen atoms in total. The average molecular weight is 435 g/mol. The van der Waals surface area contributed by atoms with Crippen LogP contribution in [-0.4, -0.2) is 19.8 Å². The van der Waals surface area contributed by atoms with E-state index in [0.29, 0.717) is 5.56 Å². The fourth-order valence-electron chi connectivity index (χ4n) is 3.05. The Hall–Kier alpha value is -1.09. The molecule has 0 aliphatic heterocycles. The van der Waals surface area contributed by atoms with Crippen molar-refractivity contribution in [1.82, 2.24) is 0 Å². The number of hydrogen-bond acceptors (Lipinski definition) is 3. The highest BCUT2D eigenvalue weighted by Gasteiger charge is 2.49. The van der Waals surface area contributed by atoms with Gasteiger partial charge >= 0.3 is 15.6 Å². The molecule has 1 aliphatic rings. The number of halogens is 6. The molecular formula is C17H20ClF5O3S. The van der Waals surface area contributed by atoms with Crippen molar-refractivity contribution in [2.75, 3.05) is 0 Å². The van der Waals surface area contributed by atoms with Gasteiger partial charge in [-0.3, -0.25) is 0 Å². The van der Waals surface area contributed by atoms with Crippen molar-refractivity contribution in [2.45, 2.75) is 69.2 Å². The Bertz CT molecular complexity index is 803. The van der Waals surface area contributed by atoms with E-state index >= 15 is 0 Å². The van der Waals surface area contributed by atoms with E-state index in [1.807, 2.05) is 20.8 Å². The van der Waals surface area contributed by atoms with Crippen LogP contribution in [-0.2, 0) is 15.5 Å². The molecule has 1 aromatic carbocycles. The van der Waals surface area contributed by atoms with Crippen LogP contribution in [0, 0.1) is 0 Å². The topological polar surface area (TPSA) is 43.4 Å². The van der Waals surface area contributed by atoms with Crippen LogP contribution in [0.1, 0.15) is 63.5 Å². The van der Waals surface area contributed by atoms with Gasteiger partial charge in [-0.1, -0.05) is 32.4 Å². The predicted molar refractivity (Wildman–Crippen MR) is 91.9 cm³/mol. The third-order valence-electron chi connectivity index (χ3n) is 4.55. The van der Waals surface area contributed by atoms with Crippen LogP contribution in [0.15, 0.2) is 12.1 Å². The second-order valence-electron chi connectivity index (χ2n) is 7.73. The van der Waals surface area contributed by atoms with Crippen LogP contribution in [0.3, 0.4) is 0 Å². The summed E-state index contributed by atoms with van der Waals surface area (Å²) in [6.45, 7) is 5.46. The smallest absolute Gasteiger partial charge is 0.376 e. The van der Waals surface area contributed by atoms with Gasteiger partial charge in [-0.25, -0.2) is 8.78 Å². The Labute approximate surface area is 160 Å². The van der Waals surface area contributed by atoms with Crippen LogP contribution in [0.25, 0.3) is 0 Å². The zero-order chi connectivity index (χ0) is 20.8. The molecule has 27 heavy (non-hydrogen) atoms. The molecular weight excluding hydrogens is 415 g/mol. The maximum atomic E-state index is 13.5. The van der Waals surface area contributed by atoms with Gasteiger partial charge in [0.25, 0.3) is 0 Å². The molecule has 1 fully saturated rings. The van der Waals surface area contributed by atoms with Crippen LogP contribution >= 0.6 is 11.6 Å². The third kappa shape index (κ3) is 5.04. The zero-order valence-corrected chi connectivity index (χ0v) is 16.5. The van der Waals surface area contributed by atoms with Crippen molar-refractivity contribution in [3.63, 3.8) is 0 Å². The van der Waals surface area contributed by atoms with Crippen LogP contribution in [0.5, 0.6) is 5.75 Å². The van der Waals surface area contributed by atoms with Crippen LogP contribution in [0.2, 0.25) is 5.02 Å². The Kier molecular flexibility index (Phi) is 5.81. The molecule has 0 radical (unpaired) electrons. The molecule has 0 unspecified atom stereocenters. The van der Waals surface area contributed by atoms with Crippen molar-refractivity contribution in [2.24, 2.45) is 0 Å². The third-order valence-corrected chi connectivity index (χ3v) is 5.83. The van der Waals surface area contributed by atoms with E-state index in [2.05, 4.69) is 4.18 Å². The van der Waals surface area contributed by atoms with E-state index < -0.39 is 51.5 Å². The fraction of sp³-hybridized carbons (Fsp3) is 0.647. The molecule has 0 amide bonds. The number of rotatable bonds is 3. The minimum atomic E-state index is -5.91. The molecule has 1 aromatic rings. The van der Waals surface area contributed by atoms with Gasteiger partial charge in [-0.2, -0.15) is 21.6 Å². The maximum Gasteiger partial charge on any atom is 0.534 e. The molecule has 1 saturated carbocycles. The molecule has 0 atom stereocenters. The summed E-state index contributed by atoms with van der Waals surface area (Å²) in [6, 6.07) is 2.49. The molecule has 10 heteroatoms. The Balaban J connectivity index is 2.54. The SMILES string of the molecule is CC(C)(C)c1cc(C2CCC(F)(F)CC2)c(OS(=O)(=O)C(F)(F)F)cc1Cl. The Morgan fingerprint density at radius 2 is 1.63 bits per heavy atom. The summed E-state index contributed by atoms with van der Waals surface area (Å²) >= 11 is 6.14. The van der Waals surface area contributed by atoms with E-state index in [0.717, 1.165) is 6.07 Å². The van der Waals surface area contributed by atoms with Gasteiger partial charge in [0.1, 0.15) is 5.75 Å². The summed E-state index contributed by atoms with van der Waals surface area (Å²) in [5, 5.41) is 0.0414. The van der Waals surface area contributed by atoms with Crippen molar-refractivity contribution in [3.8, 4) is 5.75 Å². The van der Waals surface area contributed by atoms with Crippen molar-refractivity contribution in [3.05, 3.63) is 28.3 Å². The highest BCUT2D eigenvalue weighted by atomic mass is 35.5. The summed E-state index contributed by atoms with van der Waals surface area (Å²) in [7, 11) is -5.91. The highest BCUT2D eigenvalue weighted by Crippen LogP contribution is 2.46. The normalized spacial score (nSPS) is 19.1. The van der Waals surface area contributed by atoms with Crippen LogP contribution < -0.4 is 4.18 Å². The first-order valence-electron chi connectivity index (χ1n) is 8.26. The number of alkyl halides is 5. The lowest BCUT2D eigenvalue weighted by molar-refractivity contribution is -0.0500. The molecule has 0 N–H and O–H groups in total. The van der Waals surface area contributed by atoms with E-state index in [9.17, 15) is 30.4 Å². The first-order chi connectivity index (χ1) is 12.0. The Morgan fingerprint density at radius 1 is 1.11 bits per heavy atom. The number of hydrogen-bond donors (Lipinski definition) is 0. The van der Waals surface area contributed by atoms with E-state index in [4.69, 9.17) is 11.6 Å². The lowest BCUT2D eigenvalue weighted by Gasteiger charge is -2.31. The highest BCUT2D eigenvalue weighted by molar-refractivity contribution is 7.88. The van der Waals surface area contributed by atoms with E-state index in [1.54, 1.807) is 0 Å². The number of benzene rings is 1. The van der Waals surface area contributed by atoms with E-state index in [1.165, 1.54) is 6.07 Å².